The van der Waals surface area contributed by atoms with Gasteiger partial charge in [-0.1, -0.05) is 54.6 Å². The lowest BCUT2D eigenvalue weighted by Crippen LogP contribution is -2.30. The monoisotopic (exact) mass is 379 g/mol. The Labute approximate surface area is 162 Å². The van der Waals surface area contributed by atoms with Crippen LogP contribution in [0.3, 0.4) is 0 Å². The average Bonchev–Trinajstić information content (AvgIpc) is 3.22. The van der Waals surface area contributed by atoms with Crippen LogP contribution in [-0.2, 0) is 16.0 Å². The van der Waals surface area contributed by atoms with Crippen LogP contribution in [-0.4, -0.2) is 18.5 Å². The van der Waals surface area contributed by atoms with Crippen molar-refractivity contribution in [1.82, 2.24) is 5.32 Å². The minimum absolute atomic E-state index is 0.110. The van der Waals surface area contributed by atoms with Gasteiger partial charge in [-0.3, -0.25) is 4.79 Å². The molecule has 1 atom stereocenters. The molecule has 0 unspecified atom stereocenters. The second-order valence-electron chi connectivity index (χ2n) is 6.20. The number of hydrogen-bond donors (Lipinski definition) is 1. The van der Waals surface area contributed by atoms with Crippen molar-refractivity contribution in [2.75, 3.05) is 6.61 Å². The van der Waals surface area contributed by atoms with Crippen molar-refractivity contribution in [3.8, 4) is 0 Å². The number of carbonyl (C=O) groups is 2. The molecule has 1 aromatic heterocycles. The highest BCUT2D eigenvalue weighted by Gasteiger charge is 2.16. The van der Waals surface area contributed by atoms with E-state index < -0.39 is 5.97 Å². The largest absolute Gasteiger partial charge is 0.452 e. The van der Waals surface area contributed by atoms with Crippen molar-refractivity contribution < 1.29 is 14.3 Å². The van der Waals surface area contributed by atoms with E-state index in [1.807, 2.05) is 66.9 Å². The third-order valence-corrected chi connectivity index (χ3v) is 5.21. The maximum absolute atomic E-state index is 12.5. The Kier molecular flexibility index (Phi) is 6.39. The number of carbonyl (C=O) groups excluding carboxylic acids is 2. The number of rotatable bonds is 7. The molecule has 0 aliphatic rings. The molecule has 1 N–H and O–H groups in total. The first-order valence-corrected chi connectivity index (χ1v) is 9.63. The van der Waals surface area contributed by atoms with Crippen molar-refractivity contribution in [2.45, 2.75) is 19.4 Å². The summed E-state index contributed by atoms with van der Waals surface area (Å²) in [6.45, 7) is 1.61. The normalized spacial score (nSPS) is 11.6. The minimum Gasteiger partial charge on any atom is -0.452 e. The molecule has 1 amide bonds. The van der Waals surface area contributed by atoms with Crippen LogP contribution in [0, 0.1) is 0 Å². The van der Waals surface area contributed by atoms with Crippen LogP contribution < -0.4 is 5.32 Å². The third-order valence-electron chi connectivity index (χ3n) is 4.16. The van der Waals surface area contributed by atoms with Crippen LogP contribution in [0.25, 0.3) is 0 Å². The molecule has 4 nitrogen and oxygen atoms in total. The van der Waals surface area contributed by atoms with E-state index in [1.54, 1.807) is 23.5 Å². The van der Waals surface area contributed by atoms with Crippen LogP contribution >= 0.6 is 11.3 Å². The zero-order valence-electron chi connectivity index (χ0n) is 15.1. The van der Waals surface area contributed by atoms with E-state index in [-0.39, 0.29) is 18.6 Å². The number of benzene rings is 2. The Morgan fingerprint density at radius 1 is 1.00 bits per heavy atom. The quantitative estimate of drug-likeness (QED) is 0.620. The molecule has 138 valence electrons. The van der Waals surface area contributed by atoms with E-state index in [9.17, 15) is 9.59 Å². The molecule has 3 aromatic rings. The molecule has 0 radical (unpaired) electrons. The van der Waals surface area contributed by atoms with Crippen molar-refractivity contribution in [3.63, 3.8) is 0 Å². The number of amides is 1. The number of thiophene rings is 1. The predicted molar refractivity (Wildman–Crippen MR) is 107 cm³/mol. The predicted octanol–water partition coefficient (Wildman–Crippen LogP) is 4.37. The summed E-state index contributed by atoms with van der Waals surface area (Å²) in [5.74, 6) is -0.801. The van der Waals surface area contributed by atoms with Crippen LogP contribution in [0.2, 0.25) is 0 Å². The number of ether oxygens (including phenoxy) is 1. The fraction of sp³-hybridized carbons (Fsp3) is 0.182. The molecule has 1 heterocycles. The lowest BCUT2D eigenvalue weighted by Gasteiger charge is -2.13. The number of hydrogen-bond acceptors (Lipinski definition) is 4. The van der Waals surface area contributed by atoms with Gasteiger partial charge in [0.15, 0.2) is 6.61 Å². The van der Waals surface area contributed by atoms with Crippen molar-refractivity contribution in [2.24, 2.45) is 0 Å². The molecule has 27 heavy (non-hydrogen) atoms. The summed E-state index contributed by atoms with van der Waals surface area (Å²) >= 11 is 1.57. The molecule has 3 rings (SSSR count). The summed E-state index contributed by atoms with van der Waals surface area (Å²) in [6.07, 6.45) is 0.633. The van der Waals surface area contributed by atoms with Gasteiger partial charge in [-0.15, -0.1) is 11.3 Å². The van der Waals surface area contributed by atoms with Crippen molar-refractivity contribution in [3.05, 3.63) is 93.7 Å². The zero-order valence-corrected chi connectivity index (χ0v) is 15.9. The second kappa shape index (κ2) is 9.14. The lowest BCUT2D eigenvalue weighted by atomic mass is 10.00. The first-order chi connectivity index (χ1) is 13.1. The summed E-state index contributed by atoms with van der Waals surface area (Å²) in [5, 5.41) is 4.80. The Balaban J connectivity index is 1.59. The number of nitrogens with one attached hydrogen (secondary N) is 1. The van der Waals surface area contributed by atoms with E-state index in [1.165, 1.54) is 0 Å². The molecule has 0 aliphatic heterocycles. The van der Waals surface area contributed by atoms with E-state index >= 15 is 0 Å². The molecule has 0 bridgehead atoms. The average molecular weight is 379 g/mol. The van der Waals surface area contributed by atoms with Crippen molar-refractivity contribution >= 4 is 23.2 Å². The van der Waals surface area contributed by atoms with Crippen molar-refractivity contribution in [1.29, 1.82) is 0 Å². The fourth-order valence-corrected chi connectivity index (χ4v) is 3.52. The summed E-state index contributed by atoms with van der Waals surface area (Å²) in [4.78, 5) is 25.6. The fourth-order valence-electron chi connectivity index (χ4n) is 2.79. The highest BCUT2D eigenvalue weighted by Crippen LogP contribution is 2.18. The van der Waals surface area contributed by atoms with Crippen LogP contribution in [0.4, 0.5) is 0 Å². The molecular weight excluding hydrogens is 358 g/mol. The second-order valence-corrected chi connectivity index (χ2v) is 7.18. The van der Waals surface area contributed by atoms with Gasteiger partial charge in [0.25, 0.3) is 5.91 Å². The summed E-state index contributed by atoms with van der Waals surface area (Å²) in [6, 6.07) is 21.0. The smallest absolute Gasteiger partial charge is 0.338 e. The van der Waals surface area contributed by atoms with Gasteiger partial charge in [0.2, 0.25) is 0 Å². The van der Waals surface area contributed by atoms with E-state index in [0.29, 0.717) is 12.0 Å². The summed E-state index contributed by atoms with van der Waals surface area (Å²) in [7, 11) is 0. The highest BCUT2D eigenvalue weighted by atomic mass is 32.1. The van der Waals surface area contributed by atoms with Gasteiger partial charge >= 0.3 is 5.97 Å². The van der Waals surface area contributed by atoms with E-state index in [2.05, 4.69) is 5.32 Å². The van der Waals surface area contributed by atoms with Gasteiger partial charge in [-0.2, -0.15) is 0 Å². The van der Waals surface area contributed by atoms with Gasteiger partial charge in [-0.25, -0.2) is 4.79 Å². The minimum atomic E-state index is -0.486. The SMILES string of the molecule is C[C@@H](NC(=O)COC(=O)c1ccccc1Cc1ccccc1)c1cccs1. The highest BCUT2D eigenvalue weighted by molar-refractivity contribution is 7.10. The lowest BCUT2D eigenvalue weighted by molar-refractivity contribution is -0.124. The molecule has 5 heteroatoms. The first-order valence-electron chi connectivity index (χ1n) is 8.75. The summed E-state index contributed by atoms with van der Waals surface area (Å²) in [5.41, 5.74) is 2.47. The summed E-state index contributed by atoms with van der Waals surface area (Å²) < 4.78 is 5.24. The van der Waals surface area contributed by atoms with Crippen LogP contribution in [0.15, 0.2) is 72.1 Å². The van der Waals surface area contributed by atoms with Gasteiger partial charge in [0, 0.05) is 4.88 Å². The molecule has 0 saturated carbocycles. The third kappa shape index (κ3) is 5.28. The topological polar surface area (TPSA) is 55.4 Å². The maximum Gasteiger partial charge on any atom is 0.338 e. The Morgan fingerprint density at radius 2 is 1.74 bits per heavy atom. The molecular formula is C22H21NO3S. The van der Waals surface area contributed by atoms with Crippen LogP contribution in [0.5, 0.6) is 0 Å². The van der Waals surface area contributed by atoms with Crippen LogP contribution in [0.1, 0.15) is 39.3 Å². The Hall–Kier alpha value is -2.92. The maximum atomic E-state index is 12.5. The molecule has 0 spiro atoms. The molecule has 0 fully saturated rings. The van der Waals surface area contributed by atoms with Gasteiger partial charge in [0.1, 0.15) is 0 Å². The van der Waals surface area contributed by atoms with Gasteiger partial charge in [0.05, 0.1) is 11.6 Å². The first kappa shape index (κ1) is 18.9. The Bertz CT molecular complexity index is 891. The van der Waals surface area contributed by atoms with Gasteiger partial charge < -0.3 is 10.1 Å². The molecule has 2 aromatic carbocycles. The molecule has 0 saturated heterocycles. The van der Waals surface area contributed by atoms with Gasteiger partial charge in [-0.05, 0) is 42.0 Å². The standard InChI is InChI=1S/C22H21NO3S/c1-16(20-12-7-13-27-20)23-21(24)15-26-22(25)19-11-6-5-10-18(19)14-17-8-3-2-4-9-17/h2-13,16H,14-15H2,1H3,(H,23,24)/t16-/m1/s1. The van der Waals surface area contributed by atoms with E-state index in [4.69, 9.17) is 4.74 Å². The Morgan fingerprint density at radius 3 is 2.48 bits per heavy atom. The zero-order chi connectivity index (χ0) is 19.1. The molecule has 0 aliphatic carbocycles. The number of esters is 1. The van der Waals surface area contributed by atoms with E-state index in [0.717, 1.165) is 16.0 Å².